The summed E-state index contributed by atoms with van der Waals surface area (Å²) in [7, 11) is 1.65. The van der Waals surface area contributed by atoms with Crippen LogP contribution in [0.5, 0.6) is 11.5 Å². The van der Waals surface area contributed by atoms with E-state index >= 15 is 0 Å². The Morgan fingerprint density at radius 3 is 2.49 bits per heavy atom. The number of benzene rings is 4. The molecule has 186 valence electrons. The van der Waals surface area contributed by atoms with E-state index in [0.717, 1.165) is 38.9 Å². The molecule has 0 saturated carbocycles. The minimum absolute atomic E-state index is 0.0488. The van der Waals surface area contributed by atoms with E-state index < -0.39 is 0 Å². The lowest BCUT2D eigenvalue weighted by Crippen LogP contribution is -2.02. The number of carbonyl (C=O) groups excluding carboxylic acids is 1. The van der Waals surface area contributed by atoms with Gasteiger partial charge < -0.3 is 14.8 Å². The highest BCUT2D eigenvalue weighted by Gasteiger charge is 2.16. The molecule has 1 N–H and O–H groups in total. The molecule has 0 aliphatic carbocycles. The Morgan fingerprint density at radius 1 is 0.919 bits per heavy atom. The average molecular weight is 508 g/mol. The average Bonchev–Trinajstić information content (AvgIpc) is 2.93. The Labute approximate surface area is 222 Å². The third-order valence-corrected chi connectivity index (χ3v) is 7.46. The van der Waals surface area contributed by atoms with Crippen molar-refractivity contribution in [2.75, 3.05) is 12.4 Å². The van der Waals surface area contributed by atoms with E-state index in [0.29, 0.717) is 18.1 Å². The summed E-state index contributed by atoms with van der Waals surface area (Å²) in [5.41, 5.74) is 5.75. The van der Waals surface area contributed by atoms with E-state index in [9.17, 15) is 4.79 Å². The molecule has 0 amide bonds. The van der Waals surface area contributed by atoms with Gasteiger partial charge in [0.1, 0.15) is 18.1 Å². The highest BCUT2D eigenvalue weighted by molar-refractivity contribution is 7.99. The number of nitrogens with one attached hydrogen (secondary N) is 1. The molecule has 5 heteroatoms. The summed E-state index contributed by atoms with van der Waals surface area (Å²) >= 11 is 1.71. The van der Waals surface area contributed by atoms with E-state index in [1.54, 1.807) is 24.9 Å². The lowest BCUT2D eigenvalue weighted by molar-refractivity contribution is 0.104. The van der Waals surface area contributed by atoms with Gasteiger partial charge in [0, 0.05) is 20.9 Å². The molecule has 4 aromatic rings. The molecule has 0 atom stereocenters. The molecule has 0 radical (unpaired) electrons. The molecule has 0 aromatic heterocycles. The molecule has 37 heavy (non-hydrogen) atoms. The molecular weight excluding hydrogens is 478 g/mol. The summed E-state index contributed by atoms with van der Waals surface area (Å²) in [5, 5.41) is 3.44. The Bertz CT molecular complexity index is 1460. The van der Waals surface area contributed by atoms with Gasteiger partial charge in [0.15, 0.2) is 5.78 Å². The van der Waals surface area contributed by atoms with Crippen LogP contribution in [-0.4, -0.2) is 12.9 Å². The van der Waals surface area contributed by atoms with Gasteiger partial charge in [-0.3, -0.25) is 4.79 Å². The predicted octanol–water partition coefficient (Wildman–Crippen LogP) is 8.50. The number of para-hydroxylation sites is 1. The molecule has 0 saturated heterocycles. The van der Waals surface area contributed by atoms with E-state index in [2.05, 4.69) is 37.4 Å². The number of rotatable bonds is 8. The number of methoxy groups -OCH3 is 1. The van der Waals surface area contributed by atoms with Crippen molar-refractivity contribution in [3.63, 3.8) is 0 Å². The molecule has 1 aliphatic rings. The highest BCUT2D eigenvalue weighted by Crippen LogP contribution is 2.44. The van der Waals surface area contributed by atoms with E-state index in [4.69, 9.17) is 9.47 Å². The minimum Gasteiger partial charge on any atom is -0.496 e. The van der Waals surface area contributed by atoms with Crippen molar-refractivity contribution >= 4 is 35.0 Å². The van der Waals surface area contributed by atoms with Gasteiger partial charge in [0.2, 0.25) is 0 Å². The largest absolute Gasteiger partial charge is 0.496 e. The fraction of sp³-hybridized carbons (Fsp3) is 0.156. The van der Waals surface area contributed by atoms with Gasteiger partial charge in [-0.2, -0.15) is 0 Å². The predicted molar refractivity (Wildman–Crippen MR) is 152 cm³/mol. The van der Waals surface area contributed by atoms with Gasteiger partial charge >= 0.3 is 0 Å². The second-order valence-electron chi connectivity index (χ2n) is 9.22. The monoisotopic (exact) mass is 507 g/mol. The van der Waals surface area contributed by atoms with Crippen LogP contribution in [-0.2, 0) is 6.61 Å². The van der Waals surface area contributed by atoms with Crippen LogP contribution >= 0.6 is 11.8 Å². The molecule has 0 spiro atoms. The third kappa shape index (κ3) is 5.73. The zero-order chi connectivity index (χ0) is 25.8. The Morgan fingerprint density at radius 2 is 1.70 bits per heavy atom. The second kappa shape index (κ2) is 11.0. The van der Waals surface area contributed by atoms with Crippen LogP contribution in [0.2, 0.25) is 0 Å². The van der Waals surface area contributed by atoms with Crippen LogP contribution in [0.4, 0.5) is 11.4 Å². The van der Waals surface area contributed by atoms with Gasteiger partial charge in [-0.15, -0.1) is 0 Å². The number of fused-ring (bicyclic) bond motifs is 2. The normalized spacial score (nSPS) is 12.1. The van der Waals surface area contributed by atoms with Gasteiger partial charge in [0.25, 0.3) is 0 Å². The van der Waals surface area contributed by atoms with Gasteiger partial charge in [-0.1, -0.05) is 62.0 Å². The van der Waals surface area contributed by atoms with E-state index in [1.807, 2.05) is 72.8 Å². The number of ketones is 1. The van der Waals surface area contributed by atoms with Crippen molar-refractivity contribution in [3.8, 4) is 11.5 Å². The Balaban J connectivity index is 1.28. The molecule has 5 rings (SSSR count). The Kier molecular flexibility index (Phi) is 7.33. The molecule has 1 aliphatic heterocycles. The maximum Gasteiger partial charge on any atom is 0.185 e. The lowest BCUT2D eigenvalue weighted by Gasteiger charge is -2.20. The van der Waals surface area contributed by atoms with E-state index in [1.165, 1.54) is 10.5 Å². The Hall–Kier alpha value is -3.96. The van der Waals surface area contributed by atoms with Gasteiger partial charge in [-0.05, 0) is 77.7 Å². The first kappa shape index (κ1) is 24.7. The smallest absolute Gasteiger partial charge is 0.185 e. The summed E-state index contributed by atoms with van der Waals surface area (Å²) < 4.78 is 11.5. The van der Waals surface area contributed by atoms with Crippen molar-refractivity contribution in [1.29, 1.82) is 0 Å². The SMILES string of the molecule is COc1ccc(/C=C/C(=O)c2ccc3c(c2)Nc2ccccc2S3)cc1COc1ccc(C(C)C)cc1. The van der Waals surface area contributed by atoms with Crippen molar-refractivity contribution in [1.82, 2.24) is 0 Å². The maximum atomic E-state index is 13.0. The molecule has 1 heterocycles. The molecule has 0 unspecified atom stereocenters. The highest BCUT2D eigenvalue weighted by atomic mass is 32.2. The van der Waals surface area contributed by atoms with Crippen molar-refractivity contribution < 1.29 is 14.3 Å². The second-order valence-corrected chi connectivity index (χ2v) is 10.3. The van der Waals surface area contributed by atoms with E-state index in [-0.39, 0.29) is 5.78 Å². The first-order valence-corrected chi connectivity index (χ1v) is 13.1. The minimum atomic E-state index is -0.0488. The molecular formula is C32H29NO3S. The fourth-order valence-electron chi connectivity index (χ4n) is 4.19. The van der Waals surface area contributed by atoms with Crippen LogP contribution < -0.4 is 14.8 Å². The van der Waals surface area contributed by atoms with Crippen molar-refractivity contribution in [2.45, 2.75) is 36.2 Å². The van der Waals surface area contributed by atoms with Crippen molar-refractivity contribution in [3.05, 3.63) is 113 Å². The van der Waals surface area contributed by atoms with Crippen LogP contribution in [0.1, 0.15) is 46.8 Å². The fourth-order valence-corrected chi connectivity index (χ4v) is 5.15. The van der Waals surface area contributed by atoms with Gasteiger partial charge in [-0.25, -0.2) is 0 Å². The summed E-state index contributed by atoms with van der Waals surface area (Å²) in [6, 6.07) is 28.0. The number of hydrogen-bond donors (Lipinski definition) is 1. The number of anilines is 2. The summed E-state index contributed by atoms with van der Waals surface area (Å²) in [6.07, 6.45) is 3.45. The standard InChI is InChI=1S/C32H29NO3S/c1-21(2)23-10-13-26(14-11-23)36-20-25-18-22(9-16-30(25)35-3)8-15-29(34)24-12-17-32-28(19-24)33-27-6-4-5-7-31(27)37-32/h4-19,21,33H,20H2,1-3H3/b15-8+. The van der Waals surface area contributed by atoms with Gasteiger partial charge in [0.05, 0.1) is 18.5 Å². The molecule has 0 bridgehead atoms. The number of ether oxygens (including phenoxy) is 2. The van der Waals surface area contributed by atoms with Crippen LogP contribution in [0.15, 0.2) is 101 Å². The number of carbonyl (C=O) groups is 1. The van der Waals surface area contributed by atoms with Crippen molar-refractivity contribution in [2.24, 2.45) is 0 Å². The lowest BCUT2D eigenvalue weighted by atomic mass is 10.0. The summed E-state index contributed by atoms with van der Waals surface area (Å²) in [5.74, 6) is 1.99. The van der Waals surface area contributed by atoms with Crippen LogP contribution in [0.25, 0.3) is 6.08 Å². The van der Waals surface area contributed by atoms with Crippen LogP contribution in [0.3, 0.4) is 0 Å². The summed E-state index contributed by atoms with van der Waals surface area (Å²) in [4.78, 5) is 15.3. The molecule has 4 aromatic carbocycles. The van der Waals surface area contributed by atoms with Crippen LogP contribution in [0, 0.1) is 0 Å². The quantitative estimate of drug-likeness (QED) is 0.168. The molecule has 4 nitrogen and oxygen atoms in total. The topological polar surface area (TPSA) is 47.6 Å². The maximum absolute atomic E-state index is 13.0. The first-order chi connectivity index (χ1) is 18.0. The third-order valence-electron chi connectivity index (χ3n) is 6.31. The molecule has 0 fully saturated rings. The number of hydrogen-bond acceptors (Lipinski definition) is 5. The first-order valence-electron chi connectivity index (χ1n) is 12.3. The summed E-state index contributed by atoms with van der Waals surface area (Å²) in [6.45, 7) is 4.71. The zero-order valence-electron chi connectivity index (χ0n) is 21.2. The zero-order valence-corrected chi connectivity index (χ0v) is 22.0. The number of allylic oxidation sites excluding steroid dienone is 1.